The van der Waals surface area contributed by atoms with E-state index in [2.05, 4.69) is 20.6 Å². The lowest BCUT2D eigenvalue weighted by atomic mass is 10.3. The molecular weight excluding hydrogens is 306 g/mol. The van der Waals surface area contributed by atoms with Gasteiger partial charge in [-0.05, 0) is 24.3 Å². The summed E-state index contributed by atoms with van der Waals surface area (Å²) in [6.07, 6.45) is 1.44. The molecule has 0 atom stereocenters. The van der Waals surface area contributed by atoms with Gasteiger partial charge >= 0.3 is 0 Å². The van der Waals surface area contributed by atoms with Crippen molar-refractivity contribution < 1.29 is 9.21 Å². The van der Waals surface area contributed by atoms with Gasteiger partial charge < -0.3 is 20.8 Å². The van der Waals surface area contributed by atoms with Gasteiger partial charge in [0.05, 0.1) is 5.02 Å². The lowest BCUT2D eigenvalue weighted by molar-refractivity contribution is 0.0999. The Labute approximate surface area is 130 Å². The highest BCUT2D eigenvalue weighted by atomic mass is 35.5. The summed E-state index contributed by atoms with van der Waals surface area (Å²) in [4.78, 5) is 20.5. The molecule has 0 saturated carbocycles. The van der Waals surface area contributed by atoms with Gasteiger partial charge in [0.2, 0.25) is 5.76 Å². The van der Waals surface area contributed by atoms with Crippen molar-refractivity contribution in [1.29, 1.82) is 0 Å². The molecule has 0 spiro atoms. The monoisotopic (exact) mass is 317 g/mol. The van der Waals surface area contributed by atoms with E-state index in [1.54, 1.807) is 31.3 Å². The number of nitrogens with zero attached hydrogens (tertiary/aromatic N) is 2. The fraction of sp³-hybridized carbons (Fsp3) is 0.0714. The Morgan fingerprint density at radius 3 is 2.82 bits per heavy atom. The van der Waals surface area contributed by atoms with Gasteiger partial charge in [-0.2, -0.15) is 0 Å². The highest BCUT2D eigenvalue weighted by Crippen LogP contribution is 2.30. The van der Waals surface area contributed by atoms with Crippen molar-refractivity contribution in [2.45, 2.75) is 0 Å². The minimum atomic E-state index is -0.448. The van der Waals surface area contributed by atoms with E-state index < -0.39 is 5.91 Å². The second kappa shape index (κ2) is 5.53. The number of hydrogen-bond donors (Lipinski definition) is 3. The van der Waals surface area contributed by atoms with Crippen LogP contribution in [-0.2, 0) is 0 Å². The molecule has 7 nitrogen and oxygen atoms in total. The molecule has 0 fully saturated rings. The molecule has 0 aliphatic heterocycles. The van der Waals surface area contributed by atoms with Gasteiger partial charge in [0.1, 0.15) is 22.8 Å². The van der Waals surface area contributed by atoms with Crippen LogP contribution in [0.1, 0.15) is 10.6 Å². The van der Waals surface area contributed by atoms with Crippen molar-refractivity contribution in [1.82, 2.24) is 9.97 Å². The van der Waals surface area contributed by atoms with Gasteiger partial charge in [-0.1, -0.05) is 11.6 Å². The normalized spacial score (nSPS) is 10.6. The first kappa shape index (κ1) is 14.2. The van der Waals surface area contributed by atoms with Gasteiger partial charge in [-0.3, -0.25) is 4.79 Å². The van der Waals surface area contributed by atoms with Gasteiger partial charge in [-0.15, -0.1) is 0 Å². The predicted molar refractivity (Wildman–Crippen MR) is 85.2 cm³/mol. The first-order valence-corrected chi connectivity index (χ1v) is 6.76. The van der Waals surface area contributed by atoms with Crippen LogP contribution in [0.4, 0.5) is 17.3 Å². The minimum Gasteiger partial charge on any atom is -0.447 e. The second-order valence-corrected chi connectivity index (χ2v) is 4.89. The molecule has 8 heteroatoms. The molecule has 3 heterocycles. The van der Waals surface area contributed by atoms with Crippen molar-refractivity contribution in [2.75, 3.05) is 23.4 Å². The third-order valence-corrected chi connectivity index (χ3v) is 3.20. The average molecular weight is 318 g/mol. The summed E-state index contributed by atoms with van der Waals surface area (Å²) in [5, 5.41) is 6.03. The van der Waals surface area contributed by atoms with Crippen molar-refractivity contribution in [3.63, 3.8) is 0 Å². The zero-order valence-corrected chi connectivity index (χ0v) is 12.3. The quantitative estimate of drug-likeness (QED) is 0.686. The highest BCUT2D eigenvalue weighted by molar-refractivity contribution is 6.30. The number of nitrogen functional groups attached to an aromatic ring is 1. The second-order valence-electron chi connectivity index (χ2n) is 4.45. The zero-order chi connectivity index (χ0) is 15.7. The number of furan rings is 1. The third kappa shape index (κ3) is 2.53. The average Bonchev–Trinajstić information content (AvgIpc) is 2.87. The van der Waals surface area contributed by atoms with Crippen LogP contribution >= 0.6 is 11.6 Å². The van der Waals surface area contributed by atoms with E-state index in [-0.39, 0.29) is 5.76 Å². The van der Waals surface area contributed by atoms with E-state index in [4.69, 9.17) is 21.8 Å². The number of hydrogen-bond acceptors (Lipinski definition) is 6. The van der Waals surface area contributed by atoms with E-state index >= 15 is 0 Å². The zero-order valence-electron chi connectivity index (χ0n) is 11.6. The van der Waals surface area contributed by atoms with Crippen LogP contribution in [0, 0.1) is 0 Å². The van der Waals surface area contributed by atoms with E-state index in [0.717, 1.165) is 0 Å². The number of fused-ring (bicyclic) bond motifs is 1. The van der Waals surface area contributed by atoms with Crippen LogP contribution in [0.15, 0.2) is 34.9 Å². The predicted octanol–water partition coefficient (Wildman–Crippen LogP) is 2.75. The van der Waals surface area contributed by atoms with Crippen molar-refractivity contribution in [2.24, 2.45) is 0 Å². The molecule has 0 unspecified atom stereocenters. The molecule has 0 saturated heterocycles. The summed E-state index contributed by atoms with van der Waals surface area (Å²) in [5.41, 5.74) is 7.10. The van der Waals surface area contributed by atoms with Crippen molar-refractivity contribution in [3.05, 3.63) is 41.2 Å². The Kier molecular flexibility index (Phi) is 3.56. The summed E-state index contributed by atoms with van der Waals surface area (Å²) in [6.45, 7) is 0. The molecule has 3 rings (SSSR count). The van der Waals surface area contributed by atoms with E-state index in [1.807, 2.05) is 0 Å². The Morgan fingerprint density at radius 2 is 2.14 bits per heavy atom. The van der Waals surface area contributed by atoms with Crippen LogP contribution in [0.5, 0.6) is 0 Å². The standard InChI is InChI=1S/C14H12ClN5O2/c1-17-12-11-8(3-4-9(16)19-11)22-13(12)14(21)20-10-5-2-7(15)6-18-10/h2-6,17H,1H3,(H2,16,19)(H,18,20,21). The lowest BCUT2D eigenvalue weighted by Gasteiger charge is -2.04. The fourth-order valence-electron chi connectivity index (χ4n) is 2.01. The SMILES string of the molecule is CNc1c(C(=O)Nc2ccc(Cl)cn2)oc2ccc(N)nc12. The summed E-state index contributed by atoms with van der Waals surface area (Å²) in [6, 6.07) is 6.49. The first-order chi connectivity index (χ1) is 10.6. The van der Waals surface area contributed by atoms with Crippen LogP contribution < -0.4 is 16.4 Å². The maximum Gasteiger partial charge on any atom is 0.294 e. The number of rotatable bonds is 3. The van der Waals surface area contributed by atoms with E-state index in [9.17, 15) is 4.79 Å². The highest BCUT2D eigenvalue weighted by Gasteiger charge is 2.21. The van der Waals surface area contributed by atoms with Crippen LogP contribution in [0.25, 0.3) is 11.1 Å². The summed E-state index contributed by atoms with van der Waals surface area (Å²) in [7, 11) is 1.67. The summed E-state index contributed by atoms with van der Waals surface area (Å²) in [5.74, 6) is 0.364. The van der Waals surface area contributed by atoms with Gasteiger partial charge in [-0.25, -0.2) is 9.97 Å². The molecule has 3 aromatic rings. The fourth-order valence-corrected chi connectivity index (χ4v) is 2.12. The molecular formula is C14H12ClN5O2. The number of nitrogens with one attached hydrogen (secondary N) is 2. The van der Waals surface area contributed by atoms with Crippen LogP contribution in [-0.4, -0.2) is 22.9 Å². The van der Waals surface area contributed by atoms with Crippen LogP contribution in [0.3, 0.4) is 0 Å². The Balaban J connectivity index is 1.98. The molecule has 0 radical (unpaired) electrons. The number of halogens is 1. The number of pyridine rings is 2. The number of anilines is 3. The van der Waals surface area contributed by atoms with E-state index in [1.165, 1.54) is 6.20 Å². The number of carbonyl (C=O) groups is 1. The van der Waals surface area contributed by atoms with E-state index in [0.29, 0.717) is 33.4 Å². The van der Waals surface area contributed by atoms with Crippen LogP contribution in [0.2, 0.25) is 5.02 Å². The molecule has 0 bridgehead atoms. The lowest BCUT2D eigenvalue weighted by Crippen LogP contribution is -2.13. The smallest absolute Gasteiger partial charge is 0.294 e. The largest absolute Gasteiger partial charge is 0.447 e. The summed E-state index contributed by atoms with van der Waals surface area (Å²) < 4.78 is 5.56. The number of nitrogens with two attached hydrogens (primary N) is 1. The number of aromatic nitrogens is 2. The molecule has 112 valence electrons. The molecule has 4 N–H and O–H groups in total. The van der Waals surface area contributed by atoms with Crippen molar-refractivity contribution >= 4 is 45.9 Å². The maximum atomic E-state index is 12.4. The van der Waals surface area contributed by atoms with Crippen molar-refractivity contribution in [3.8, 4) is 0 Å². The molecule has 1 amide bonds. The molecule has 0 aliphatic rings. The topological polar surface area (TPSA) is 106 Å². The van der Waals surface area contributed by atoms with Gasteiger partial charge in [0.15, 0.2) is 5.58 Å². The molecule has 3 aromatic heterocycles. The number of carbonyl (C=O) groups excluding carboxylic acids is 1. The molecule has 22 heavy (non-hydrogen) atoms. The van der Waals surface area contributed by atoms with Gasteiger partial charge in [0, 0.05) is 13.2 Å². The maximum absolute atomic E-state index is 12.4. The Hall–Kier alpha value is -2.80. The Bertz CT molecular complexity index is 844. The minimum absolute atomic E-state index is 0.104. The number of amides is 1. The Morgan fingerprint density at radius 1 is 1.32 bits per heavy atom. The van der Waals surface area contributed by atoms with Gasteiger partial charge in [0.25, 0.3) is 5.91 Å². The summed E-state index contributed by atoms with van der Waals surface area (Å²) >= 11 is 5.76. The third-order valence-electron chi connectivity index (χ3n) is 2.98. The first-order valence-electron chi connectivity index (χ1n) is 6.38. The molecule has 0 aliphatic carbocycles. The molecule has 0 aromatic carbocycles.